The van der Waals surface area contributed by atoms with Crippen molar-refractivity contribution in [3.05, 3.63) is 35.1 Å². The van der Waals surface area contributed by atoms with Crippen LogP contribution in [0, 0.1) is 5.82 Å². The van der Waals surface area contributed by atoms with Crippen molar-refractivity contribution in [3.8, 4) is 0 Å². The Labute approximate surface area is 130 Å². The molecule has 5 nitrogen and oxygen atoms in total. The molecule has 0 fully saturated rings. The Morgan fingerprint density at radius 3 is 2.77 bits per heavy atom. The van der Waals surface area contributed by atoms with Crippen molar-refractivity contribution in [2.45, 2.75) is 26.3 Å². The first kappa shape index (κ1) is 16.9. The molecule has 0 bridgehead atoms. The van der Waals surface area contributed by atoms with E-state index in [1.165, 1.54) is 19.2 Å². The maximum absolute atomic E-state index is 13.3. The Morgan fingerprint density at radius 1 is 1.45 bits per heavy atom. The van der Waals surface area contributed by atoms with Gasteiger partial charge in [0.1, 0.15) is 5.82 Å². The number of carbonyl (C=O) groups excluding carboxylic acids is 1. The van der Waals surface area contributed by atoms with Crippen LogP contribution in [-0.2, 0) is 21.2 Å². The minimum absolute atomic E-state index is 0.0333. The first-order valence-corrected chi connectivity index (χ1v) is 8.89. The SMILES string of the molecule is CCS(=O)(=O)N(C)CC(=O)N1CCc2cc(F)ccc2[C@H]1C. The van der Waals surface area contributed by atoms with Gasteiger partial charge >= 0.3 is 0 Å². The maximum atomic E-state index is 13.3. The highest BCUT2D eigenvalue weighted by atomic mass is 32.2. The van der Waals surface area contributed by atoms with Gasteiger partial charge in [0.15, 0.2) is 0 Å². The van der Waals surface area contributed by atoms with Crippen molar-refractivity contribution < 1.29 is 17.6 Å². The lowest BCUT2D eigenvalue weighted by atomic mass is 9.93. The summed E-state index contributed by atoms with van der Waals surface area (Å²) in [6, 6.07) is 4.40. The van der Waals surface area contributed by atoms with Crippen LogP contribution >= 0.6 is 0 Å². The summed E-state index contributed by atoms with van der Waals surface area (Å²) in [5, 5.41) is 0. The molecule has 0 unspecified atom stereocenters. The molecule has 0 spiro atoms. The van der Waals surface area contributed by atoms with Crippen molar-refractivity contribution in [1.29, 1.82) is 0 Å². The molecule has 1 aliphatic heterocycles. The van der Waals surface area contributed by atoms with Crippen LogP contribution in [0.3, 0.4) is 0 Å². The van der Waals surface area contributed by atoms with Crippen molar-refractivity contribution >= 4 is 15.9 Å². The summed E-state index contributed by atoms with van der Waals surface area (Å²) >= 11 is 0. The average molecular weight is 328 g/mol. The summed E-state index contributed by atoms with van der Waals surface area (Å²) in [6.45, 7) is 3.72. The third-order valence-corrected chi connectivity index (χ3v) is 5.97. The molecule has 0 N–H and O–H groups in total. The molecule has 1 aliphatic rings. The number of sulfonamides is 1. The second kappa shape index (κ2) is 6.34. The zero-order valence-electron chi connectivity index (χ0n) is 13.0. The molecule has 0 saturated carbocycles. The van der Waals surface area contributed by atoms with Gasteiger partial charge in [-0.3, -0.25) is 4.79 Å². The molecular weight excluding hydrogens is 307 g/mol. The lowest BCUT2D eigenvalue weighted by Gasteiger charge is -2.36. The number of fused-ring (bicyclic) bond motifs is 1. The molecule has 1 amide bonds. The molecule has 7 heteroatoms. The van der Waals surface area contributed by atoms with Gasteiger partial charge in [-0.05, 0) is 43.5 Å². The number of rotatable bonds is 4. The lowest BCUT2D eigenvalue weighted by Crippen LogP contribution is -2.45. The third-order valence-electron chi connectivity index (χ3n) is 4.16. The quantitative estimate of drug-likeness (QED) is 0.843. The normalized spacial score (nSPS) is 18.4. The Bertz CT molecular complexity index is 675. The van der Waals surface area contributed by atoms with Crippen molar-refractivity contribution in [2.24, 2.45) is 0 Å². The monoisotopic (exact) mass is 328 g/mol. The van der Waals surface area contributed by atoms with Gasteiger partial charge in [0.25, 0.3) is 0 Å². The summed E-state index contributed by atoms with van der Waals surface area (Å²) in [5.41, 5.74) is 1.83. The van der Waals surface area contributed by atoms with Crippen LogP contribution in [0.25, 0.3) is 0 Å². The van der Waals surface area contributed by atoms with Crippen LogP contribution < -0.4 is 0 Å². The number of benzene rings is 1. The Kier molecular flexibility index (Phi) is 4.87. The second-order valence-corrected chi connectivity index (χ2v) is 7.88. The van der Waals surface area contributed by atoms with E-state index in [-0.39, 0.29) is 30.1 Å². The van der Waals surface area contributed by atoms with Crippen molar-refractivity contribution in [1.82, 2.24) is 9.21 Å². The highest BCUT2D eigenvalue weighted by Crippen LogP contribution is 2.29. The van der Waals surface area contributed by atoms with E-state index in [2.05, 4.69) is 0 Å². The average Bonchev–Trinajstić information content (AvgIpc) is 2.47. The van der Waals surface area contributed by atoms with E-state index in [9.17, 15) is 17.6 Å². The number of hydrogen-bond donors (Lipinski definition) is 0. The summed E-state index contributed by atoms with van der Waals surface area (Å²) < 4.78 is 37.8. The van der Waals surface area contributed by atoms with Crippen LogP contribution in [0.15, 0.2) is 18.2 Å². The summed E-state index contributed by atoms with van der Waals surface area (Å²) in [6.07, 6.45) is 0.577. The minimum Gasteiger partial charge on any atom is -0.334 e. The van der Waals surface area contributed by atoms with Crippen LogP contribution in [0.1, 0.15) is 31.0 Å². The molecule has 0 aliphatic carbocycles. The highest BCUT2D eigenvalue weighted by Gasteiger charge is 2.29. The molecule has 0 aromatic heterocycles. The van der Waals surface area contributed by atoms with E-state index in [0.29, 0.717) is 13.0 Å². The molecule has 1 aromatic carbocycles. The number of nitrogens with zero attached hydrogens (tertiary/aromatic N) is 2. The van der Waals surface area contributed by atoms with Crippen LogP contribution in [-0.4, -0.2) is 49.4 Å². The van der Waals surface area contributed by atoms with Gasteiger partial charge in [-0.25, -0.2) is 12.8 Å². The minimum atomic E-state index is -3.38. The largest absolute Gasteiger partial charge is 0.334 e. The van der Waals surface area contributed by atoms with Gasteiger partial charge in [-0.2, -0.15) is 4.31 Å². The van der Waals surface area contributed by atoms with Gasteiger partial charge in [0.05, 0.1) is 18.3 Å². The molecule has 1 aromatic rings. The Hall–Kier alpha value is -1.47. The molecule has 1 atom stereocenters. The lowest BCUT2D eigenvalue weighted by molar-refractivity contribution is -0.133. The van der Waals surface area contributed by atoms with Gasteiger partial charge in [-0.1, -0.05) is 6.07 Å². The Balaban J connectivity index is 2.14. The van der Waals surface area contributed by atoms with Gasteiger partial charge in [0.2, 0.25) is 15.9 Å². The zero-order valence-corrected chi connectivity index (χ0v) is 13.9. The molecule has 0 saturated heterocycles. The molecule has 0 radical (unpaired) electrons. The van der Waals surface area contributed by atoms with Crippen molar-refractivity contribution in [2.75, 3.05) is 25.9 Å². The zero-order chi connectivity index (χ0) is 16.5. The molecule has 1 heterocycles. The summed E-state index contributed by atoms with van der Waals surface area (Å²) in [7, 11) is -1.97. The predicted molar refractivity (Wildman–Crippen MR) is 82.3 cm³/mol. The van der Waals surface area contributed by atoms with Crippen LogP contribution in [0.2, 0.25) is 0 Å². The van der Waals surface area contributed by atoms with E-state index in [1.54, 1.807) is 17.9 Å². The van der Waals surface area contributed by atoms with Crippen LogP contribution in [0.4, 0.5) is 4.39 Å². The van der Waals surface area contributed by atoms with Crippen molar-refractivity contribution in [3.63, 3.8) is 0 Å². The highest BCUT2D eigenvalue weighted by molar-refractivity contribution is 7.89. The van der Waals surface area contributed by atoms with Gasteiger partial charge in [0, 0.05) is 13.6 Å². The van der Waals surface area contributed by atoms with E-state index in [1.807, 2.05) is 6.92 Å². The third kappa shape index (κ3) is 3.30. The number of carbonyl (C=O) groups is 1. The molecule has 122 valence electrons. The number of hydrogen-bond acceptors (Lipinski definition) is 3. The second-order valence-electron chi connectivity index (χ2n) is 5.51. The number of halogens is 1. The molecule has 2 rings (SSSR count). The summed E-state index contributed by atoms with van der Waals surface area (Å²) in [4.78, 5) is 14.1. The fourth-order valence-corrected chi connectivity index (χ4v) is 3.49. The summed E-state index contributed by atoms with van der Waals surface area (Å²) in [5.74, 6) is -0.546. The standard InChI is InChI=1S/C15H21FN2O3S/c1-4-22(20,21)17(3)10-15(19)18-8-7-12-9-13(16)5-6-14(12)11(18)2/h5-6,9,11H,4,7-8,10H2,1-3H3/t11-/m1/s1. The van der Waals surface area contributed by atoms with Gasteiger partial charge < -0.3 is 4.90 Å². The van der Waals surface area contributed by atoms with E-state index < -0.39 is 10.0 Å². The first-order valence-electron chi connectivity index (χ1n) is 7.28. The number of likely N-dealkylation sites (N-methyl/N-ethyl adjacent to an activating group) is 1. The Morgan fingerprint density at radius 2 is 2.14 bits per heavy atom. The fourth-order valence-electron chi connectivity index (χ4n) is 2.74. The van der Waals surface area contributed by atoms with E-state index >= 15 is 0 Å². The van der Waals surface area contributed by atoms with E-state index in [0.717, 1.165) is 15.4 Å². The first-order chi connectivity index (χ1) is 10.3. The van der Waals surface area contributed by atoms with Crippen LogP contribution in [0.5, 0.6) is 0 Å². The molecule has 22 heavy (non-hydrogen) atoms. The number of amides is 1. The van der Waals surface area contributed by atoms with Gasteiger partial charge in [-0.15, -0.1) is 0 Å². The van der Waals surface area contributed by atoms with E-state index in [4.69, 9.17) is 0 Å². The smallest absolute Gasteiger partial charge is 0.238 e. The fraction of sp³-hybridized carbons (Fsp3) is 0.533. The predicted octanol–water partition coefficient (Wildman–Crippen LogP) is 1.55. The maximum Gasteiger partial charge on any atom is 0.238 e. The topological polar surface area (TPSA) is 57.7 Å². The molecular formula is C15H21FN2O3S.